The monoisotopic (exact) mass is 252 g/mol. The summed E-state index contributed by atoms with van der Waals surface area (Å²) < 4.78 is 0.890. The van der Waals surface area contributed by atoms with Gasteiger partial charge in [0.2, 0.25) is 0 Å². The van der Waals surface area contributed by atoms with Gasteiger partial charge in [-0.2, -0.15) is 0 Å². The Balaban J connectivity index is 0.000000331. The highest BCUT2D eigenvalue weighted by Gasteiger charge is 2.08. The molecule has 0 aliphatic rings. The molecule has 0 saturated heterocycles. The van der Waals surface area contributed by atoms with Gasteiger partial charge in [-0.15, -0.1) is 0 Å². The van der Waals surface area contributed by atoms with Crippen molar-refractivity contribution in [3.8, 4) is 0 Å². The summed E-state index contributed by atoms with van der Waals surface area (Å²) in [6.07, 6.45) is 1.12. The average Bonchev–Trinajstić information content (AvgIpc) is 2.27. The summed E-state index contributed by atoms with van der Waals surface area (Å²) in [7, 11) is 6.49. The smallest absolute Gasteiger partial charge is 0.328 e. The molecule has 1 aromatic carbocycles. The van der Waals surface area contributed by atoms with Gasteiger partial charge >= 0.3 is 11.9 Å². The van der Waals surface area contributed by atoms with Crippen molar-refractivity contribution in [1.29, 1.82) is 0 Å². The number of para-hydroxylation sites is 1. The fourth-order valence-corrected chi connectivity index (χ4v) is 1.02. The van der Waals surface area contributed by atoms with Gasteiger partial charge in [-0.3, -0.25) is 4.48 Å². The van der Waals surface area contributed by atoms with Crippen LogP contribution < -0.4 is 4.48 Å². The summed E-state index contributed by atoms with van der Waals surface area (Å²) in [5, 5.41) is 15.6. The largest absolute Gasteiger partial charge is 0.478 e. The molecule has 2 N–H and O–H groups in total. The van der Waals surface area contributed by atoms with Gasteiger partial charge in [-0.05, 0) is 12.1 Å². The normalized spacial score (nSPS) is 10.6. The zero-order valence-corrected chi connectivity index (χ0v) is 10.7. The molecular formula is C13H18NO4+. The molecule has 0 bridgehead atoms. The molecular weight excluding hydrogens is 234 g/mol. The van der Waals surface area contributed by atoms with Crippen molar-refractivity contribution < 1.29 is 19.8 Å². The molecule has 1 aromatic rings. The molecule has 0 unspecified atom stereocenters. The van der Waals surface area contributed by atoms with Crippen molar-refractivity contribution in [2.75, 3.05) is 21.1 Å². The van der Waals surface area contributed by atoms with Gasteiger partial charge in [0.15, 0.2) is 0 Å². The lowest BCUT2D eigenvalue weighted by Crippen LogP contribution is -2.34. The number of carboxylic acid groups (broad SMARTS) is 2. The van der Waals surface area contributed by atoms with Gasteiger partial charge in [0.05, 0.1) is 21.1 Å². The summed E-state index contributed by atoms with van der Waals surface area (Å²) in [5.41, 5.74) is 1.34. The third kappa shape index (κ3) is 8.06. The van der Waals surface area contributed by atoms with Crippen LogP contribution >= 0.6 is 0 Å². The maximum Gasteiger partial charge on any atom is 0.328 e. The maximum atomic E-state index is 9.55. The topological polar surface area (TPSA) is 74.6 Å². The Kier molecular flexibility index (Phi) is 6.38. The van der Waals surface area contributed by atoms with Crippen LogP contribution in [-0.2, 0) is 9.59 Å². The second-order valence-electron chi connectivity index (χ2n) is 4.36. The molecule has 0 atom stereocenters. The molecule has 0 aliphatic heterocycles. The molecule has 5 heteroatoms. The van der Waals surface area contributed by atoms with E-state index in [1.807, 2.05) is 6.07 Å². The molecule has 0 fully saturated rings. The molecule has 0 aromatic heterocycles. The first-order valence-electron chi connectivity index (χ1n) is 5.24. The number of benzene rings is 1. The molecule has 0 spiro atoms. The molecule has 98 valence electrons. The fourth-order valence-electron chi connectivity index (χ4n) is 1.02. The number of aliphatic carboxylic acids is 2. The van der Waals surface area contributed by atoms with Gasteiger partial charge < -0.3 is 10.2 Å². The fraction of sp³-hybridized carbons (Fsp3) is 0.231. The molecule has 0 amide bonds. The lowest BCUT2D eigenvalue weighted by atomic mass is 10.3. The van der Waals surface area contributed by atoms with E-state index in [-0.39, 0.29) is 0 Å². The second kappa shape index (κ2) is 7.24. The van der Waals surface area contributed by atoms with Gasteiger partial charge in [0, 0.05) is 12.2 Å². The van der Waals surface area contributed by atoms with E-state index in [0.717, 1.165) is 4.48 Å². The SMILES string of the molecule is C[N+](C)(C)c1ccccc1.O=C(O)/C=C/C(=O)O. The van der Waals surface area contributed by atoms with E-state index in [1.54, 1.807) is 0 Å². The van der Waals surface area contributed by atoms with E-state index in [9.17, 15) is 9.59 Å². The minimum absolute atomic E-state index is 0.558. The number of quaternary nitrogens is 1. The summed E-state index contributed by atoms with van der Waals surface area (Å²) in [5.74, 6) is -2.51. The summed E-state index contributed by atoms with van der Waals surface area (Å²) in [6.45, 7) is 0. The van der Waals surface area contributed by atoms with Crippen LogP contribution in [0.4, 0.5) is 5.69 Å². The standard InChI is InChI=1S/C9H14N.C4H4O4/c1-10(2,3)9-7-5-4-6-8-9;5-3(6)1-2-4(7)8/h4-8H,1-3H3;1-2H,(H,5,6)(H,7,8)/q+1;/b;2-1+. The number of carbonyl (C=O) groups is 2. The minimum atomic E-state index is -1.26. The van der Waals surface area contributed by atoms with Crippen LogP contribution in [0.3, 0.4) is 0 Å². The van der Waals surface area contributed by atoms with Crippen molar-refractivity contribution in [2.45, 2.75) is 0 Å². The van der Waals surface area contributed by atoms with E-state index in [0.29, 0.717) is 12.2 Å². The van der Waals surface area contributed by atoms with Crippen LogP contribution in [0, 0.1) is 0 Å². The van der Waals surface area contributed by atoms with Crippen LogP contribution in [0.1, 0.15) is 0 Å². The zero-order valence-electron chi connectivity index (χ0n) is 10.7. The summed E-state index contributed by atoms with van der Waals surface area (Å²) in [4.78, 5) is 19.1. The summed E-state index contributed by atoms with van der Waals surface area (Å²) >= 11 is 0. The Morgan fingerprint density at radius 2 is 1.33 bits per heavy atom. The minimum Gasteiger partial charge on any atom is -0.478 e. The van der Waals surface area contributed by atoms with Crippen molar-refractivity contribution in [2.24, 2.45) is 0 Å². The third-order valence-electron chi connectivity index (χ3n) is 1.90. The van der Waals surface area contributed by atoms with Crippen molar-refractivity contribution in [1.82, 2.24) is 4.48 Å². The van der Waals surface area contributed by atoms with E-state index in [2.05, 4.69) is 45.4 Å². The number of nitrogens with zero attached hydrogens (tertiary/aromatic N) is 1. The Bertz CT molecular complexity index is 402. The van der Waals surface area contributed by atoms with Crippen molar-refractivity contribution >= 4 is 17.6 Å². The molecule has 18 heavy (non-hydrogen) atoms. The van der Waals surface area contributed by atoms with Crippen molar-refractivity contribution in [3.05, 3.63) is 42.5 Å². The second-order valence-corrected chi connectivity index (χ2v) is 4.36. The third-order valence-corrected chi connectivity index (χ3v) is 1.90. The quantitative estimate of drug-likeness (QED) is 0.633. The predicted octanol–water partition coefficient (Wildman–Crippen LogP) is 1.60. The highest BCUT2D eigenvalue weighted by atomic mass is 16.4. The van der Waals surface area contributed by atoms with Gasteiger partial charge in [0.25, 0.3) is 0 Å². The molecule has 0 saturated carbocycles. The number of carboxylic acids is 2. The number of hydrogen-bond donors (Lipinski definition) is 2. The van der Waals surface area contributed by atoms with Crippen LogP contribution in [-0.4, -0.2) is 43.3 Å². The highest BCUT2D eigenvalue weighted by molar-refractivity contribution is 5.89. The Hall–Kier alpha value is -2.14. The predicted molar refractivity (Wildman–Crippen MR) is 70.4 cm³/mol. The first kappa shape index (κ1) is 15.9. The first-order valence-corrected chi connectivity index (χ1v) is 5.24. The van der Waals surface area contributed by atoms with E-state index in [1.165, 1.54) is 5.69 Å². The van der Waals surface area contributed by atoms with Gasteiger partial charge in [-0.25, -0.2) is 9.59 Å². The lowest BCUT2D eigenvalue weighted by Gasteiger charge is -2.22. The van der Waals surface area contributed by atoms with Crippen LogP contribution in [0.25, 0.3) is 0 Å². The van der Waals surface area contributed by atoms with Gasteiger partial charge in [-0.1, -0.05) is 18.2 Å². The van der Waals surface area contributed by atoms with Crippen LogP contribution in [0.15, 0.2) is 42.5 Å². The first-order chi connectivity index (χ1) is 8.23. The molecule has 1 rings (SSSR count). The molecule has 0 aliphatic carbocycles. The Morgan fingerprint density at radius 3 is 1.56 bits per heavy atom. The maximum absolute atomic E-state index is 9.55. The highest BCUT2D eigenvalue weighted by Crippen LogP contribution is 2.14. The summed E-state index contributed by atoms with van der Waals surface area (Å²) in [6, 6.07) is 10.5. The van der Waals surface area contributed by atoms with Crippen LogP contribution in [0.5, 0.6) is 0 Å². The number of rotatable bonds is 3. The molecule has 0 heterocycles. The Labute approximate surface area is 106 Å². The number of hydrogen-bond acceptors (Lipinski definition) is 2. The van der Waals surface area contributed by atoms with Crippen LogP contribution in [0.2, 0.25) is 0 Å². The lowest BCUT2D eigenvalue weighted by molar-refractivity contribution is -0.134. The Morgan fingerprint density at radius 1 is 0.944 bits per heavy atom. The van der Waals surface area contributed by atoms with Crippen molar-refractivity contribution in [3.63, 3.8) is 0 Å². The average molecular weight is 252 g/mol. The van der Waals surface area contributed by atoms with Gasteiger partial charge in [0.1, 0.15) is 5.69 Å². The van der Waals surface area contributed by atoms with E-state index >= 15 is 0 Å². The van der Waals surface area contributed by atoms with E-state index < -0.39 is 11.9 Å². The molecule has 0 radical (unpaired) electrons. The zero-order chi connectivity index (χ0) is 14.2. The molecule has 5 nitrogen and oxygen atoms in total. The van der Waals surface area contributed by atoms with E-state index in [4.69, 9.17) is 10.2 Å².